The van der Waals surface area contributed by atoms with Crippen molar-refractivity contribution in [2.45, 2.75) is 20.0 Å². The second kappa shape index (κ2) is 17.5. The Morgan fingerprint density at radius 2 is 1.47 bits per heavy atom. The first-order valence-electron chi connectivity index (χ1n) is 13.5. The fourth-order valence-electron chi connectivity index (χ4n) is 4.24. The average molecular weight is 629 g/mol. The Labute approximate surface area is 261 Å². The second-order valence-corrected chi connectivity index (χ2v) is 9.74. The minimum absolute atomic E-state index is 0.0469. The fraction of sp³-hybridized carbons (Fsp3) is 0.290. The molecule has 10 nitrogen and oxygen atoms in total. The van der Waals surface area contributed by atoms with Gasteiger partial charge in [0.2, 0.25) is 5.88 Å². The summed E-state index contributed by atoms with van der Waals surface area (Å²) >= 11 is 13.8. The lowest BCUT2D eigenvalue weighted by Gasteiger charge is -2.15. The molecule has 2 aromatic carbocycles. The van der Waals surface area contributed by atoms with Crippen LogP contribution in [-0.4, -0.2) is 72.0 Å². The molecule has 228 valence electrons. The molecule has 0 aliphatic carbocycles. The minimum atomic E-state index is 0.0469. The summed E-state index contributed by atoms with van der Waals surface area (Å²) in [4.78, 5) is 22.4. The Bertz CT molecular complexity index is 1400. The van der Waals surface area contributed by atoms with Crippen LogP contribution in [-0.2, 0) is 17.9 Å². The molecular formula is C31H35Cl2N5O5. The van der Waals surface area contributed by atoms with Gasteiger partial charge in [0.1, 0.15) is 18.4 Å². The van der Waals surface area contributed by atoms with Gasteiger partial charge in [-0.05, 0) is 19.1 Å². The van der Waals surface area contributed by atoms with Crippen LogP contribution in [0.25, 0.3) is 33.8 Å². The third-order valence-electron chi connectivity index (χ3n) is 6.22. The summed E-state index contributed by atoms with van der Waals surface area (Å²) in [7, 11) is 3.17. The van der Waals surface area contributed by atoms with E-state index >= 15 is 0 Å². The van der Waals surface area contributed by atoms with Gasteiger partial charge in [0.15, 0.2) is 0 Å². The van der Waals surface area contributed by atoms with Crippen molar-refractivity contribution < 1.29 is 24.5 Å². The average Bonchev–Trinajstić information content (AvgIpc) is 3.02. The number of aliphatic hydroxyl groups is 2. The van der Waals surface area contributed by atoms with Crippen LogP contribution in [0.3, 0.4) is 0 Å². The molecule has 4 rings (SSSR count). The van der Waals surface area contributed by atoms with E-state index in [-0.39, 0.29) is 13.2 Å². The number of halogens is 2. The van der Waals surface area contributed by atoms with Gasteiger partial charge >= 0.3 is 0 Å². The Balaban J connectivity index is 0.00000162. The van der Waals surface area contributed by atoms with Crippen molar-refractivity contribution in [3.63, 3.8) is 0 Å². The van der Waals surface area contributed by atoms with Gasteiger partial charge in [0.25, 0.3) is 0 Å². The van der Waals surface area contributed by atoms with E-state index in [1.807, 2.05) is 48.5 Å². The van der Waals surface area contributed by atoms with Gasteiger partial charge in [-0.15, -0.1) is 0 Å². The molecule has 0 bridgehead atoms. The summed E-state index contributed by atoms with van der Waals surface area (Å²) < 4.78 is 11.1. The monoisotopic (exact) mass is 627 g/mol. The normalized spacial score (nSPS) is 10.6. The highest BCUT2D eigenvalue weighted by molar-refractivity contribution is 6.38. The summed E-state index contributed by atoms with van der Waals surface area (Å²) in [5, 5.41) is 25.1. The summed E-state index contributed by atoms with van der Waals surface area (Å²) in [5.41, 5.74) is 5.57. The van der Waals surface area contributed by atoms with Crippen LogP contribution in [0.2, 0.25) is 10.0 Å². The highest BCUT2D eigenvalue weighted by Crippen LogP contribution is 2.41. The molecule has 0 atom stereocenters. The Kier molecular flexibility index (Phi) is 13.8. The van der Waals surface area contributed by atoms with Gasteiger partial charge in [-0.1, -0.05) is 59.6 Å². The number of aldehydes is 1. The maximum absolute atomic E-state index is 9.04. The largest absolute Gasteiger partial charge is 0.496 e. The molecule has 0 saturated carbocycles. The van der Waals surface area contributed by atoms with Gasteiger partial charge in [0.05, 0.1) is 54.6 Å². The molecule has 12 heteroatoms. The standard InChI is InChI=1S/C29H31Cl2N5O4.C2H4O/c1-39-24-14-18(6-7-19(24)15-32-10-12-37)27-26(31)28(35-17-34-27)22-5-3-4-21(25(22)30)23-9-8-20(16-33-11-13-38)29(36-23)40-2;1-2-3/h3-9,14,17,32-33,37-38H,10-13,15-16H2,1-2H3;2H,1H3. The lowest BCUT2D eigenvalue weighted by atomic mass is 10.0. The summed E-state index contributed by atoms with van der Waals surface area (Å²) in [6.07, 6.45) is 2.21. The van der Waals surface area contributed by atoms with Gasteiger partial charge in [-0.3, -0.25) is 0 Å². The zero-order valence-corrected chi connectivity index (χ0v) is 25.7. The topological polar surface area (TPSA) is 139 Å². The fourth-order valence-corrected chi connectivity index (χ4v) is 4.87. The smallest absolute Gasteiger partial charge is 0.218 e. The maximum atomic E-state index is 9.04. The second-order valence-electron chi connectivity index (χ2n) is 8.98. The molecule has 0 unspecified atom stereocenters. The molecule has 43 heavy (non-hydrogen) atoms. The zero-order valence-electron chi connectivity index (χ0n) is 24.2. The molecule has 0 fully saturated rings. The summed E-state index contributed by atoms with van der Waals surface area (Å²) in [6.45, 7) is 3.56. The molecule has 0 radical (unpaired) electrons. The number of pyridine rings is 1. The molecule has 0 amide bonds. The molecular weight excluding hydrogens is 593 g/mol. The van der Waals surface area contributed by atoms with E-state index in [0.29, 0.717) is 76.1 Å². The third kappa shape index (κ3) is 8.70. The number of hydrogen-bond donors (Lipinski definition) is 4. The van der Waals surface area contributed by atoms with Crippen molar-refractivity contribution in [1.82, 2.24) is 25.6 Å². The Morgan fingerprint density at radius 1 is 0.837 bits per heavy atom. The Morgan fingerprint density at radius 3 is 2.12 bits per heavy atom. The molecule has 0 aliphatic heterocycles. The number of rotatable bonds is 13. The maximum Gasteiger partial charge on any atom is 0.218 e. The van der Waals surface area contributed by atoms with E-state index in [2.05, 4.69) is 25.6 Å². The number of carbonyl (C=O) groups excluding carboxylic acids is 1. The molecule has 4 aromatic rings. The molecule has 2 heterocycles. The van der Waals surface area contributed by atoms with E-state index in [4.69, 9.17) is 47.7 Å². The lowest BCUT2D eigenvalue weighted by Crippen LogP contribution is -2.18. The predicted molar refractivity (Wildman–Crippen MR) is 169 cm³/mol. The number of nitrogens with one attached hydrogen (secondary N) is 2. The van der Waals surface area contributed by atoms with Crippen LogP contribution in [0.15, 0.2) is 54.9 Å². The highest BCUT2D eigenvalue weighted by atomic mass is 35.5. The van der Waals surface area contributed by atoms with E-state index in [1.54, 1.807) is 14.2 Å². The number of nitrogens with zero attached hydrogens (tertiary/aromatic N) is 3. The van der Waals surface area contributed by atoms with Crippen molar-refractivity contribution in [3.8, 4) is 45.4 Å². The van der Waals surface area contributed by atoms with E-state index in [1.165, 1.54) is 13.3 Å². The SMILES string of the molecule is CC=O.COc1cc(-c2ncnc(-c3cccc(-c4ccc(CNCCO)c(OC)n4)c3Cl)c2Cl)ccc1CNCCO. The first-order valence-corrected chi connectivity index (χ1v) is 14.2. The quantitative estimate of drug-likeness (QED) is 0.123. The molecule has 0 saturated heterocycles. The molecule has 0 spiro atoms. The van der Waals surface area contributed by atoms with Crippen molar-refractivity contribution in [3.05, 3.63) is 76.0 Å². The van der Waals surface area contributed by atoms with E-state index in [0.717, 1.165) is 23.0 Å². The van der Waals surface area contributed by atoms with Crippen molar-refractivity contribution in [2.24, 2.45) is 0 Å². The summed E-state index contributed by atoms with van der Waals surface area (Å²) in [6, 6.07) is 15.1. The first kappa shape index (κ1) is 33.9. The number of aliphatic hydroxyl groups excluding tert-OH is 2. The summed E-state index contributed by atoms with van der Waals surface area (Å²) in [5.74, 6) is 1.14. The first-order chi connectivity index (χ1) is 20.9. The van der Waals surface area contributed by atoms with E-state index in [9.17, 15) is 0 Å². The van der Waals surface area contributed by atoms with Gasteiger partial charge in [-0.25, -0.2) is 15.0 Å². The molecule has 4 N–H and O–H groups in total. The van der Waals surface area contributed by atoms with Crippen LogP contribution in [0.4, 0.5) is 0 Å². The van der Waals surface area contributed by atoms with Crippen LogP contribution in [0.1, 0.15) is 18.1 Å². The van der Waals surface area contributed by atoms with Gasteiger partial charge in [-0.2, -0.15) is 0 Å². The number of carbonyl (C=O) groups is 1. The number of ether oxygens (including phenoxy) is 2. The minimum Gasteiger partial charge on any atom is -0.496 e. The molecule has 2 aromatic heterocycles. The van der Waals surface area contributed by atoms with Crippen LogP contribution in [0, 0.1) is 0 Å². The highest BCUT2D eigenvalue weighted by Gasteiger charge is 2.19. The van der Waals surface area contributed by atoms with E-state index < -0.39 is 0 Å². The van der Waals surface area contributed by atoms with Crippen LogP contribution >= 0.6 is 23.2 Å². The number of methoxy groups -OCH3 is 2. The Hall–Kier alpha value is -3.64. The molecule has 0 aliphatic rings. The number of benzene rings is 2. The van der Waals surface area contributed by atoms with Gasteiger partial charge in [0, 0.05) is 54.0 Å². The zero-order chi connectivity index (χ0) is 31.2. The van der Waals surface area contributed by atoms with Crippen molar-refractivity contribution in [2.75, 3.05) is 40.5 Å². The van der Waals surface area contributed by atoms with Crippen molar-refractivity contribution in [1.29, 1.82) is 0 Å². The number of hydrogen-bond acceptors (Lipinski definition) is 10. The third-order valence-corrected chi connectivity index (χ3v) is 6.99. The van der Waals surface area contributed by atoms with Crippen molar-refractivity contribution >= 4 is 29.5 Å². The number of aromatic nitrogens is 3. The predicted octanol–water partition coefficient (Wildman–Crippen LogP) is 4.57. The van der Waals surface area contributed by atoms with Crippen LogP contribution < -0.4 is 20.1 Å². The lowest BCUT2D eigenvalue weighted by molar-refractivity contribution is -0.106. The van der Waals surface area contributed by atoms with Gasteiger partial charge < -0.3 is 35.1 Å². The van der Waals surface area contributed by atoms with Crippen LogP contribution in [0.5, 0.6) is 11.6 Å².